The molecule has 108 valence electrons. The van der Waals surface area contributed by atoms with Crippen LogP contribution in [0.2, 0.25) is 0 Å². The van der Waals surface area contributed by atoms with Crippen LogP contribution in [0.4, 0.5) is 0 Å². The number of hydrogen-bond donors (Lipinski definition) is 1. The number of methoxy groups -OCH3 is 1. The molecule has 0 bridgehead atoms. The van der Waals surface area contributed by atoms with Crippen LogP contribution in [0.25, 0.3) is 0 Å². The Kier molecular flexibility index (Phi) is 5.58. The van der Waals surface area contributed by atoms with Crippen molar-refractivity contribution < 1.29 is 14.0 Å². The highest BCUT2D eigenvalue weighted by atomic mass is 16.7. The van der Waals surface area contributed by atoms with Gasteiger partial charge in [-0.15, -0.1) is 0 Å². The van der Waals surface area contributed by atoms with Crippen LogP contribution in [0.3, 0.4) is 0 Å². The summed E-state index contributed by atoms with van der Waals surface area (Å²) < 4.78 is 16.8. The molecule has 1 heterocycles. The van der Waals surface area contributed by atoms with Crippen molar-refractivity contribution in [2.45, 2.75) is 45.3 Å². The van der Waals surface area contributed by atoms with Gasteiger partial charge in [0, 0.05) is 31.9 Å². The predicted octanol–water partition coefficient (Wildman–Crippen LogP) is 1.57. The Labute approximate surface area is 116 Å². The van der Waals surface area contributed by atoms with E-state index in [0.29, 0.717) is 13.2 Å². The van der Waals surface area contributed by atoms with Crippen molar-refractivity contribution in [1.29, 1.82) is 0 Å². The van der Waals surface area contributed by atoms with Gasteiger partial charge in [-0.3, -0.25) is 4.99 Å². The molecule has 0 amide bonds. The lowest BCUT2D eigenvalue weighted by Crippen LogP contribution is -2.41. The van der Waals surface area contributed by atoms with E-state index in [1.807, 2.05) is 27.7 Å². The number of rotatable bonds is 6. The van der Waals surface area contributed by atoms with E-state index in [2.05, 4.69) is 4.99 Å². The van der Waals surface area contributed by atoms with Gasteiger partial charge in [0.2, 0.25) is 0 Å². The van der Waals surface area contributed by atoms with E-state index in [0.717, 1.165) is 11.9 Å². The zero-order valence-corrected chi connectivity index (χ0v) is 12.6. The minimum Gasteiger partial charge on any atom is -0.405 e. The maximum atomic E-state index is 5.91. The molecule has 5 nitrogen and oxygen atoms in total. The highest BCUT2D eigenvalue weighted by Gasteiger charge is 2.52. The van der Waals surface area contributed by atoms with Crippen molar-refractivity contribution in [3.63, 3.8) is 0 Å². The van der Waals surface area contributed by atoms with Gasteiger partial charge in [-0.05, 0) is 40.3 Å². The molecule has 0 aromatic rings. The lowest BCUT2D eigenvalue weighted by molar-refractivity contribution is 0.00578. The second-order valence-electron chi connectivity index (χ2n) is 5.64. The number of nitrogens with two attached hydrogens (primary N) is 1. The normalized spacial score (nSPS) is 22.4. The molecule has 0 aromatic carbocycles. The van der Waals surface area contributed by atoms with E-state index in [-0.39, 0.29) is 11.2 Å². The van der Waals surface area contributed by atoms with Crippen LogP contribution in [0.1, 0.15) is 34.1 Å². The molecule has 1 aliphatic heterocycles. The summed E-state index contributed by atoms with van der Waals surface area (Å²) >= 11 is 0. The van der Waals surface area contributed by atoms with Gasteiger partial charge in [0.05, 0.1) is 11.2 Å². The second kappa shape index (κ2) is 6.54. The number of allylic oxidation sites excluding steroid dienone is 1. The number of ether oxygens (including phenoxy) is 1. The van der Waals surface area contributed by atoms with Crippen LogP contribution in [0.15, 0.2) is 16.7 Å². The number of nitrogens with zero attached hydrogens (tertiary/aromatic N) is 1. The quantitative estimate of drug-likeness (QED) is 0.451. The molecule has 1 aliphatic rings. The molecule has 19 heavy (non-hydrogen) atoms. The molecule has 1 fully saturated rings. The molecule has 6 heteroatoms. The molecule has 0 spiro atoms. The minimum absolute atomic E-state index is 0.365. The first-order valence-corrected chi connectivity index (χ1v) is 6.60. The van der Waals surface area contributed by atoms with Crippen LogP contribution in [-0.2, 0) is 14.0 Å². The molecule has 0 atom stereocenters. The summed E-state index contributed by atoms with van der Waals surface area (Å²) in [6.45, 7) is 9.45. The lowest BCUT2D eigenvalue weighted by Gasteiger charge is -2.32. The van der Waals surface area contributed by atoms with Gasteiger partial charge in [0.25, 0.3) is 0 Å². The van der Waals surface area contributed by atoms with Gasteiger partial charge >= 0.3 is 7.12 Å². The molecular formula is C13H25BN2O3. The number of hydrogen-bond acceptors (Lipinski definition) is 5. The molecule has 0 unspecified atom stereocenters. The van der Waals surface area contributed by atoms with E-state index in [1.54, 1.807) is 13.3 Å². The molecule has 1 saturated heterocycles. The maximum Gasteiger partial charge on any atom is 0.497 e. The number of aliphatic imine (C=N–C) groups is 1. The van der Waals surface area contributed by atoms with Gasteiger partial charge in [-0.1, -0.05) is 0 Å². The molecule has 0 aliphatic carbocycles. The van der Waals surface area contributed by atoms with Crippen LogP contribution < -0.4 is 5.73 Å². The average Bonchev–Trinajstić information content (AvgIpc) is 2.53. The Morgan fingerprint density at radius 1 is 1.26 bits per heavy atom. The third-order valence-corrected chi connectivity index (χ3v) is 3.59. The topological polar surface area (TPSA) is 66.1 Å². The Hall–Kier alpha value is -0.845. The van der Waals surface area contributed by atoms with Gasteiger partial charge in [-0.2, -0.15) is 0 Å². The van der Waals surface area contributed by atoms with Crippen molar-refractivity contribution in [3.05, 3.63) is 11.7 Å². The summed E-state index contributed by atoms with van der Waals surface area (Å²) in [4.78, 5) is 4.31. The Bertz CT molecular complexity index is 338. The Morgan fingerprint density at radius 2 is 1.84 bits per heavy atom. The fraction of sp³-hybridized carbons (Fsp3) is 0.769. The fourth-order valence-electron chi connectivity index (χ4n) is 1.63. The first-order valence-electron chi connectivity index (χ1n) is 6.60. The van der Waals surface area contributed by atoms with E-state index in [1.165, 1.54) is 6.20 Å². The third-order valence-electron chi connectivity index (χ3n) is 3.59. The van der Waals surface area contributed by atoms with E-state index < -0.39 is 7.12 Å². The average molecular weight is 268 g/mol. The van der Waals surface area contributed by atoms with Gasteiger partial charge in [-0.25, -0.2) is 0 Å². The second-order valence-corrected chi connectivity index (χ2v) is 5.64. The molecule has 0 aromatic heterocycles. The van der Waals surface area contributed by atoms with Crippen molar-refractivity contribution >= 4 is 13.3 Å². The zero-order chi connectivity index (χ0) is 14.5. The molecule has 0 radical (unpaired) electrons. The highest BCUT2D eigenvalue weighted by Crippen LogP contribution is 2.38. The summed E-state index contributed by atoms with van der Waals surface area (Å²) in [5.41, 5.74) is 5.65. The molecule has 1 rings (SSSR count). The highest BCUT2D eigenvalue weighted by molar-refractivity contribution is 6.60. The summed E-state index contributed by atoms with van der Waals surface area (Å²) in [5, 5.41) is 0. The summed E-state index contributed by atoms with van der Waals surface area (Å²) in [7, 11) is 1.22. The van der Waals surface area contributed by atoms with Gasteiger partial charge < -0.3 is 19.8 Å². The van der Waals surface area contributed by atoms with Crippen molar-refractivity contribution in [2.75, 3.05) is 20.3 Å². The standard InChI is InChI=1S/C13H25BN2O3/c1-12(2)13(3,4)19-14(18-12)11(9-15)10-16-7-6-8-17-5/h9-10H,6-8,15H2,1-5H3. The first kappa shape index (κ1) is 16.2. The van der Waals surface area contributed by atoms with Crippen LogP contribution in [0, 0.1) is 0 Å². The maximum absolute atomic E-state index is 5.91. The van der Waals surface area contributed by atoms with E-state index in [9.17, 15) is 0 Å². The zero-order valence-electron chi connectivity index (χ0n) is 12.6. The predicted molar refractivity (Wildman–Crippen MR) is 78.2 cm³/mol. The molecular weight excluding hydrogens is 243 g/mol. The van der Waals surface area contributed by atoms with Gasteiger partial charge in [0.1, 0.15) is 0 Å². The van der Waals surface area contributed by atoms with Crippen molar-refractivity contribution in [1.82, 2.24) is 0 Å². The largest absolute Gasteiger partial charge is 0.497 e. The third kappa shape index (κ3) is 4.06. The van der Waals surface area contributed by atoms with E-state index in [4.69, 9.17) is 19.8 Å². The molecule has 0 saturated carbocycles. The smallest absolute Gasteiger partial charge is 0.405 e. The Balaban J connectivity index is 2.59. The monoisotopic (exact) mass is 268 g/mol. The SMILES string of the molecule is COCCCN=CC(=CN)B1OC(C)(C)C(C)(C)O1. The van der Waals surface area contributed by atoms with Crippen molar-refractivity contribution in [3.8, 4) is 0 Å². The van der Waals surface area contributed by atoms with Crippen LogP contribution in [-0.4, -0.2) is 44.8 Å². The van der Waals surface area contributed by atoms with Crippen LogP contribution >= 0.6 is 0 Å². The fourth-order valence-corrected chi connectivity index (χ4v) is 1.63. The van der Waals surface area contributed by atoms with Crippen molar-refractivity contribution in [2.24, 2.45) is 10.7 Å². The summed E-state index contributed by atoms with van der Waals surface area (Å²) in [5.74, 6) is 0. The van der Waals surface area contributed by atoms with Gasteiger partial charge in [0.15, 0.2) is 0 Å². The summed E-state index contributed by atoms with van der Waals surface area (Å²) in [6.07, 6.45) is 4.09. The minimum atomic E-state index is -0.457. The van der Waals surface area contributed by atoms with E-state index >= 15 is 0 Å². The molecule has 2 N–H and O–H groups in total. The first-order chi connectivity index (χ1) is 8.84. The summed E-state index contributed by atoms with van der Waals surface area (Å²) in [6, 6.07) is 0. The van der Waals surface area contributed by atoms with Crippen LogP contribution in [0.5, 0.6) is 0 Å². The Morgan fingerprint density at radius 3 is 2.32 bits per heavy atom. The lowest BCUT2D eigenvalue weighted by atomic mass is 9.79.